The summed E-state index contributed by atoms with van der Waals surface area (Å²) in [5.74, 6) is -0.150. The average Bonchev–Trinajstić information content (AvgIpc) is 2.26. The monoisotopic (exact) mass is 264 g/mol. The molecule has 1 aromatic carbocycles. The lowest BCUT2D eigenvalue weighted by Gasteiger charge is -2.20. The van der Waals surface area contributed by atoms with E-state index in [0.29, 0.717) is 12.2 Å². The van der Waals surface area contributed by atoms with E-state index < -0.39 is 11.7 Å². The van der Waals surface area contributed by atoms with E-state index in [0.717, 1.165) is 5.56 Å². The molecule has 0 aliphatic carbocycles. The van der Waals surface area contributed by atoms with Crippen LogP contribution in [0.2, 0.25) is 0 Å². The van der Waals surface area contributed by atoms with E-state index in [1.165, 1.54) is 0 Å². The number of nitrogens with one attached hydrogen (secondary N) is 3. The first-order valence-electron chi connectivity index (χ1n) is 5.95. The maximum atomic E-state index is 11.4. The lowest BCUT2D eigenvalue weighted by atomic mass is 10.2. The Hall–Kier alpha value is -2.08. The van der Waals surface area contributed by atoms with Crippen LogP contribution < -0.4 is 16.4 Å². The third-order valence-corrected chi connectivity index (χ3v) is 2.06. The summed E-state index contributed by atoms with van der Waals surface area (Å²) in [4.78, 5) is 11.4. The van der Waals surface area contributed by atoms with Gasteiger partial charge in [0.15, 0.2) is 0 Å². The summed E-state index contributed by atoms with van der Waals surface area (Å²) in [5.41, 5.74) is 6.56. The molecule has 6 heteroatoms. The van der Waals surface area contributed by atoms with Crippen molar-refractivity contribution in [3.05, 3.63) is 29.8 Å². The van der Waals surface area contributed by atoms with Gasteiger partial charge in [0.1, 0.15) is 5.60 Å². The zero-order valence-corrected chi connectivity index (χ0v) is 11.4. The number of hydrogen-bond donors (Lipinski definition) is 4. The Morgan fingerprint density at radius 3 is 2.68 bits per heavy atom. The lowest BCUT2D eigenvalue weighted by molar-refractivity contribution is 0.0563. The molecule has 0 bridgehead atoms. The van der Waals surface area contributed by atoms with Crippen LogP contribution in [0.4, 0.5) is 10.5 Å². The molecule has 0 fully saturated rings. The molecule has 0 saturated heterocycles. The quantitative estimate of drug-likeness (QED) is 0.485. The smallest absolute Gasteiger partial charge is 0.414 e. The first-order valence-corrected chi connectivity index (χ1v) is 5.95. The van der Waals surface area contributed by atoms with Crippen molar-refractivity contribution in [1.82, 2.24) is 5.32 Å². The Bertz CT molecular complexity index is 466. The molecule has 0 aliphatic heterocycles. The molecule has 1 amide bonds. The molecule has 0 radical (unpaired) electrons. The number of alkyl carbamates (subject to hydrolysis) is 1. The van der Waals surface area contributed by atoms with Crippen LogP contribution in [0.5, 0.6) is 0 Å². The molecular formula is C13H20N4O2. The largest absolute Gasteiger partial charge is 0.444 e. The summed E-state index contributed by atoms with van der Waals surface area (Å²) in [6.45, 7) is 5.69. The van der Waals surface area contributed by atoms with E-state index in [1.807, 2.05) is 18.2 Å². The van der Waals surface area contributed by atoms with Gasteiger partial charge in [0.2, 0.25) is 5.96 Å². The highest BCUT2D eigenvalue weighted by atomic mass is 16.6. The van der Waals surface area contributed by atoms with Crippen LogP contribution in [0.25, 0.3) is 0 Å². The Kier molecular flexibility index (Phi) is 4.88. The number of anilines is 1. The minimum atomic E-state index is -0.667. The number of carbonyl (C=O) groups excluding carboxylic acids is 1. The average molecular weight is 264 g/mol. The Labute approximate surface area is 112 Å². The minimum Gasteiger partial charge on any atom is -0.444 e. The third-order valence-electron chi connectivity index (χ3n) is 2.06. The highest BCUT2D eigenvalue weighted by molar-refractivity contribution is 6.00. The van der Waals surface area contributed by atoms with Crippen molar-refractivity contribution in [2.24, 2.45) is 5.73 Å². The fourth-order valence-electron chi connectivity index (χ4n) is 1.36. The summed E-state index contributed by atoms with van der Waals surface area (Å²) in [7, 11) is 0. The van der Waals surface area contributed by atoms with E-state index in [2.05, 4.69) is 10.6 Å². The highest BCUT2D eigenvalue weighted by Crippen LogP contribution is 2.10. The molecule has 0 atom stereocenters. The summed E-state index contributed by atoms with van der Waals surface area (Å²) in [5, 5.41) is 12.7. The third kappa shape index (κ3) is 5.87. The van der Waals surface area contributed by atoms with Crippen LogP contribution >= 0.6 is 0 Å². The maximum absolute atomic E-state index is 11.4. The number of hydrogen-bond acceptors (Lipinski definition) is 4. The fourth-order valence-corrected chi connectivity index (χ4v) is 1.36. The van der Waals surface area contributed by atoms with E-state index >= 15 is 0 Å². The number of amides is 1. The minimum absolute atomic E-state index is 0.150. The number of carbonyl (C=O) groups is 1. The molecular weight excluding hydrogens is 244 g/mol. The number of nitrogens with two attached hydrogens (primary N) is 1. The maximum Gasteiger partial charge on any atom is 0.414 e. The summed E-state index contributed by atoms with van der Waals surface area (Å²) < 4.78 is 5.04. The van der Waals surface area contributed by atoms with Crippen LogP contribution in [-0.4, -0.2) is 17.7 Å². The van der Waals surface area contributed by atoms with Crippen molar-refractivity contribution >= 4 is 17.7 Å². The Morgan fingerprint density at radius 1 is 1.42 bits per heavy atom. The second-order valence-corrected chi connectivity index (χ2v) is 5.03. The van der Waals surface area contributed by atoms with Gasteiger partial charge in [-0.2, -0.15) is 0 Å². The normalized spacial score (nSPS) is 10.7. The molecule has 0 aromatic heterocycles. The molecule has 1 rings (SSSR count). The zero-order valence-electron chi connectivity index (χ0n) is 11.4. The standard InChI is InChI=1S/C13H20N4O2/c1-13(2,3)19-12(18)17-11(15)16-10-6-4-5-9(7-10)8-14/h4-7H,8,14H2,1-3H3,(H3,15,16,17,18). The van der Waals surface area contributed by atoms with Gasteiger partial charge in [-0.3, -0.25) is 10.7 Å². The van der Waals surface area contributed by atoms with Crippen molar-refractivity contribution < 1.29 is 9.53 Å². The number of rotatable bonds is 2. The first-order chi connectivity index (χ1) is 8.80. The molecule has 1 aromatic rings. The second kappa shape index (κ2) is 6.19. The molecule has 0 aliphatic rings. The lowest BCUT2D eigenvalue weighted by Crippen LogP contribution is -2.39. The van der Waals surface area contributed by atoms with E-state index in [9.17, 15) is 4.79 Å². The molecule has 6 nitrogen and oxygen atoms in total. The van der Waals surface area contributed by atoms with Crippen LogP contribution in [0, 0.1) is 5.41 Å². The van der Waals surface area contributed by atoms with E-state index in [-0.39, 0.29) is 5.96 Å². The molecule has 0 spiro atoms. The van der Waals surface area contributed by atoms with Crippen molar-refractivity contribution in [2.45, 2.75) is 32.9 Å². The fraction of sp³-hybridized carbons (Fsp3) is 0.385. The van der Waals surface area contributed by atoms with Gasteiger partial charge in [-0.05, 0) is 38.5 Å². The molecule has 0 saturated carbocycles. The van der Waals surface area contributed by atoms with Gasteiger partial charge in [0.25, 0.3) is 0 Å². The Balaban J connectivity index is 2.53. The van der Waals surface area contributed by atoms with Crippen LogP contribution in [0.1, 0.15) is 26.3 Å². The van der Waals surface area contributed by atoms with Gasteiger partial charge in [-0.15, -0.1) is 0 Å². The summed E-state index contributed by atoms with van der Waals surface area (Å²) >= 11 is 0. The molecule has 19 heavy (non-hydrogen) atoms. The Morgan fingerprint density at radius 2 is 2.11 bits per heavy atom. The van der Waals surface area contributed by atoms with Crippen LogP contribution in [-0.2, 0) is 11.3 Å². The van der Waals surface area contributed by atoms with Gasteiger partial charge < -0.3 is 15.8 Å². The molecule has 0 unspecified atom stereocenters. The topological polar surface area (TPSA) is 100 Å². The van der Waals surface area contributed by atoms with Crippen LogP contribution in [0.3, 0.4) is 0 Å². The van der Waals surface area contributed by atoms with E-state index in [1.54, 1.807) is 26.8 Å². The first kappa shape index (κ1) is 15.0. The van der Waals surface area contributed by atoms with Gasteiger partial charge in [-0.1, -0.05) is 12.1 Å². The predicted octanol–water partition coefficient (Wildman–Crippen LogP) is 2.02. The zero-order chi connectivity index (χ0) is 14.5. The summed E-state index contributed by atoms with van der Waals surface area (Å²) in [6, 6.07) is 7.30. The van der Waals surface area contributed by atoms with Gasteiger partial charge in [0.05, 0.1) is 0 Å². The number of guanidine groups is 1. The molecule has 5 N–H and O–H groups in total. The molecule has 0 heterocycles. The number of ether oxygens (including phenoxy) is 1. The highest BCUT2D eigenvalue weighted by Gasteiger charge is 2.16. The van der Waals surface area contributed by atoms with Gasteiger partial charge in [-0.25, -0.2) is 4.79 Å². The second-order valence-electron chi connectivity index (χ2n) is 5.03. The van der Waals surface area contributed by atoms with Crippen molar-refractivity contribution in [3.8, 4) is 0 Å². The predicted molar refractivity (Wildman–Crippen MR) is 75.1 cm³/mol. The SMILES string of the molecule is CC(C)(C)OC(=O)NC(=N)Nc1cccc(CN)c1. The van der Waals surface area contributed by atoms with Crippen molar-refractivity contribution in [3.63, 3.8) is 0 Å². The van der Waals surface area contributed by atoms with Crippen LogP contribution in [0.15, 0.2) is 24.3 Å². The number of benzene rings is 1. The van der Waals surface area contributed by atoms with Gasteiger partial charge in [0, 0.05) is 12.2 Å². The van der Waals surface area contributed by atoms with E-state index in [4.69, 9.17) is 15.9 Å². The van der Waals surface area contributed by atoms with Crippen molar-refractivity contribution in [1.29, 1.82) is 5.41 Å². The summed E-state index contributed by atoms with van der Waals surface area (Å²) in [6.07, 6.45) is -0.667. The van der Waals surface area contributed by atoms with Crippen molar-refractivity contribution in [2.75, 3.05) is 5.32 Å². The molecule has 104 valence electrons. The van der Waals surface area contributed by atoms with Gasteiger partial charge >= 0.3 is 6.09 Å².